The molecule has 170 valence electrons. The summed E-state index contributed by atoms with van der Waals surface area (Å²) in [4.78, 5) is 36.5. The van der Waals surface area contributed by atoms with E-state index in [2.05, 4.69) is 30.2 Å². The van der Waals surface area contributed by atoms with Gasteiger partial charge < -0.3 is 15.0 Å². The molecule has 3 fully saturated rings. The maximum absolute atomic E-state index is 11.9. The van der Waals surface area contributed by atoms with Gasteiger partial charge in [-0.15, -0.1) is 0 Å². The van der Waals surface area contributed by atoms with Gasteiger partial charge in [-0.3, -0.25) is 4.79 Å². The van der Waals surface area contributed by atoms with Crippen LogP contribution in [0.15, 0.2) is 30.9 Å². The molecule has 9 nitrogen and oxygen atoms in total. The van der Waals surface area contributed by atoms with Crippen molar-refractivity contribution in [1.82, 2.24) is 24.9 Å². The first kappa shape index (κ1) is 20.5. The summed E-state index contributed by atoms with van der Waals surface area (Å²) >= 11 is 1.46. The molecule has 3 aromatic rings. The maximum Gasteiger partial charge on any atom is 0.317 e. The fourth-order valence-electron chi connectivity index (χ4n) is 4.67. The highest BCUT2D eigenvalue weighted by Gasteiger charge is 2.45. The first-order valence-corrected chi connectivity index (χ1v) is 12.3. The largest absolute Gasteiger partial charge is 0.460 e. The number of ether oxygens (including phenoxy) is 1. The maximum atomic E-state index is 11.9. The zero-order valence-electron chi connectivity index (χ0n) is 18.2. The smallest absolute Gasteiger partial charge is 0.317 e. The molecular weight excluding hydrogens is 438 g/mol. The van der Waals surface area contributed by atoms with E-state index in [4.69, 9.17) is 4.74 Å². The van der Waals surface area contributed by atoms with Crippen LogP contribution in [0.3, 0.4) is 0 Å². The molecule has 0 atom stereocenters. The summed E-state index contributed by atoms with van der Waals surface area (Å²) in [7, 11) is 0. The number of nitrogens with zero attached hydrogens (tertiary/aromatic N) is 6. The Balaban J connectivity index is 1.10. The molecule has 0 unspecified atom stereocenters. The predicted octanol–water partition coefficient (Wildman–Crippen LogP) is 4.36. The lowest BCUT2D eigenvalue weighted by molar-refractivity contribution is -0.117. The van der Waals surface area contributed by atoms with E-state index in [0.29, 0.717) is 28.9 Å². The van der Waals surface area contributed by atoms with E-state index in [-0.39, 0.29) is 12.0 Å². The number of hydrogen-bond donors (Lipinski definition) is 1. The third kappa shape index (κ3) is 4.39. The highest BCUT2D eigenvalue weighted by atomic mass is 32.1. The van der Waals surface area contributed by atoms with E-state index in [1.165, 1.54) is 37.0 Å². The van der Waals surface area contributed by atoms with Crippen LogP contribution in [-0.2, 0) is 4.79 Å². The lowest BCUT2D eigenvalue weighted by atomic mass is 9.85. The minimum Gasteiger partial charge on any atom is -0.460 e. The molecule has 0 aromatic carbocycles. The highest BCUT2D eigenvalue weighted by molar-refractivity contribution is 7.18. The number of hydrogen-bond acceptors (Lipinski definition) is 9. The minimum absolute atomic E-state index is 0.118. The quantitative estimate of drug-likeness (QED) is 0.575. The summed E-state index contributed by atoms with van der Waals surface area (Å²) in [6.45, 7) is 0.719. The normalized spacial score (nSPS) is 19.8. The Morgan fingerprint density at radius 1 is 1.06 bits per heavy atom. The minimum atomic E-state index is 0.118. The Bertz CT molecular complexity index is 1150. The highest BCUT2D eigenvalue weighted by Crippen LogP contribution is 2.56. The number of carbonyl (C=O) groups is 1. The summed E-state index contributed by atoms with van der Waals surface area (Å²) in [6, 6.07) is 2.30. The van der Waals surface area contributed by atoms with Gasteiger partial charge in [0, 0.05) is 25.4 Å². The van der Waals surface area contributed by atoms with Crippen molar-refractivity contribution in [2.24, 2.45) is 5.41 Å². The van der Waals surface area contributed by atoms with Crippen LogP contribution < -0.4 is 15.0 Å². The van der Waals surface area contributed by atoms with Gasteiger partial charge in [0.05, 0.1) is 28.7 Å². The second-order valence-electron chi connectivity index (χ2n) is 9.11. The molecule has 10 heteroatoms. The Labute approximate surface area is 195 Å². The van der Waals surface area contributed by atoms with Crippen molar-refractivity contribution in [1.29, 1.82) is 0 Å². The van der Waals surface area contributed by atoms with Crippen LogP contribution in [-0.4, -0.2) is 43.5 Å². The Morgan fingerprint density at radius 3 is 2.61 bits per heavy atom. The van der Waals surface area contributed by atoms with Crippen LogP contribution in [0.1, 0.15) is 51.4 Å². The monoisotopic (exact) mass is 463 g/mol. The molecule has 3 aromatic heterocycles. The van der Waals surface area contributed by atoms with Crippen molar-refractivity contribution in [3.63, 3.8) is 0 Å². The molecule has 1 spiro atoms. The molecule has 6 rings (SSSR count). The molecule has 1 N–H and O–H groups in total. The van der Waals surface area contributed by atoms with Gasteiger partial charge in [0.25, 0.3) is 0 Å². The van der Waals surface area contributed by atoms with Crippen LogP contribution in [0.2, 0.25) is 0 Å². The van der Waals surface area contributed by atoms with Gasteiger partial charge in [0.15, 0.2) is 5.13 Å². The third-order valence-electron chi connectivity index (χ3n) is 6.86. The molecule has 1 amide bonds. The van der Waals surface area contributed by atoms with E-state index < -0.39 is 0 Å². The number of anilines is 3. The standard InChI is InChI=1S/C23H25N7O2S/c31-19-2-1-11-30(19)15-12-25-20(26-13-15)29-22-27-14-18(33-22)17-5-10-24-21(28-17)32-16-3-6-23(7-4-16)8-9-23/h5,10,12-14,16H,1-4,6-9,11H2,(H,25,26,27,29). The molecule has 3 aliphatic rings. The molecule has 1 saturated heterocycles. The molecule has 0 bridgehead atoms. The topological polar surface area (TPSA) is 106 Å². The molecule has 0 radical (unpaired) electrons. The van der Waals surface area contributed by atoms with Gasteiger partial charge >= 0.3 is 6.01 Å². The summed E-state index contributed by atoms with van der Waals surface area (Å²) in [6.07, 6.45) is 16.0. The van der Waals surface area contributed by atoms with Crippen molar-refractivity contribution < 1.29 is 9.53 Å². The van der Waals surface area contributed by atoms with Crippen LogP contribution in [0.5, 0.6) is 6.01 Å². The lowest BCUT2D eigenvalue weighted by Gasteiger charge is -2.28. The van der Waals surface area contributed by atoms with Crippen LogP contribution in [0.25, 0.3) is 10.6 Å². The zero-order valence-corrected chi connectivity index (χ0v) is 19.1. The summed E-state index contributed by atoms with van der Waals surface area (Å²) < 4.78 is 6.10. The van der Waals surface area contributed by atoms with Crippen LogP contribution >= 0.6 is 11.3 Å². The van der Waals surface area contributed by atoms with Crippen molar-refractivity contribution >= 4 is 34.0 Å². The number of amides is 1. The average molecular weight is 464 g/mol. The SMILES string of the molecule is O=C1CCCN1c1cnc(Nc2ncc(-c3ccnc(OC4CCC5(CC4)CC5)n3)s2)nc1. The van der Waals surface area contributed by atoms with E-state index in [0.717, 1.165) is 42.1 Å². The first-order valence-electron chi connectivity index (χ1n) is 11.5. The van der Waals surface area contributed by atoms with Crippen molar-refractivity contribution in [2.75, 3.05) is 16.8 Å². The van der Waals surface area contributed by atoms with Crippen molar-refractivity contribution in [3.8, 4) is 16.6 Å². The zero-order chi connectivity index (χ0) is 22.3. The van der Waals surface area contributed by atoms with Gasteiger partial charge in [-0.2, -0.15) is 4.98 Å². The van der Waals surface area contributed by atoms with E-state index in [1.54, 1.807) is 29.7 Å². The van der Waals surface area contributed by atoms with Crippen LogP contribution in [0, 0.1) is 5.41 Å². The Hall–Kier alpha value is -3.14. The predicted molar refractivity (Wildman–Crippen MR) is 125 cm³/mol. The summed E-state index contributed by atoms with van der Waals surface area (Å²) in [5.74, 6) is 0.552. The van der Waals surface area contributed by atoms with Gasteiger partial charge in [-0.05, 0) is 56.4 Å². The fourth-order valence-corrected chi connectivity index (χ4v) is 5.45. The van der Waals surface area contributed by atoms with E-state index in [9.17, 15) is 4.79 Å². The molecule has 2 aliphatic carbocycles. The van der Waals surface area contributed by atoms with Gasteiger partial charge in [0.1, 0.15) is 6.10 Å². The van der Waals surface area contributed by atoms with E-state index in [1.807, 2.05) is 6.07 Å². The molecule has 33 heavy (non-hydrogen) atoms. The molecular formula is C23H25N7O2S. The number of carbonyl (C=O) groups excluding carboxylic acids is 1. The first-order chi connectivity index (χ1) is 16.2. The molecule has 1 aliphatic heterocycles. The third-order valence-corrected chi connectivity index (χ3v) is 7.79. The fraction of sp³-hybridized carbons (Fsp3) is 0.478. The number of rotatable bonds is 6. The van der Waals surface area contributed by atoms with Gasteiger partial charge in [-0.25, -0.2) is 19.9 Å². The number of aromatic nitrogens is 5. The number of thiazole rings is 1. The van der Waals surface area contributed by atoms with Crippen molar-refractivity contribution in [2.45, 2.75) is 57.5 Å². The molecule has 2 saturated carbocycles. The van der Waals surface area contributed by atoms with Gasteiger partial charge in [-0.1, -0.05) is 11.3 Å². The summed E-state index contributed by atoms with van der Waals surface area (Å²) in [5, 5.41) is 3.79. The number of nitrogens with one attached hydrogen (secondary N) is 1. The lowest BCUT2D eigenvalue weighted by Crippen LogP contribution is -2.25. The Kier molecular flexibility index (Phi) is 5.17. The molecule has 4 heterocycles. The Morgan fingerprint density at radius 2 is 1.88 bits per heavy atom. The van der Waals surface area contributed by atoms with E-state index >= 15 is 0 Å². The van der Waals surface area contributed by atoms with Gasteiger partial charge in [0.2, 0.25) is 11.9 Å². The average Bonchev–Trinajstić information content (AvgIpc) is 3.21. The second-order valence-corrected chi connectivity index (χ2v) is 10.1. The van der Waals surface area contributed by atoms with Crippen molar-refractivity contribution in [3.05, 3.63) is 30.9 Å². The van der Waals surface area contributed by atoms with Crippen LogP contribution in [0.4, 0.5) is 16.8 Å². The second kappa shape index (κ2) is 8.33. The summed E-state index contributed by atoms with van der Waals surface area (Å²) in [5.41, 5.74) is 2.15.